The van der Waals surface area contributed by atoms with E-state index >= 15 is 0 Å². The highest BCUT2D eigenvalue weighted by Gasteiger charge is 2.27. The highest BCUT2D eigenvalue weighted by atomic mass is 32.2. The van der Waals surface area contributed by atoms with E-state index in [0.717, 1.165) is 12.8 Å². The van der Waals surface area contributed by atoms with Gasteiger partial charge in [-0.05, 0) is 32.6 Å². The molecule has 13 heavy (non-hydrogen) atoms. The Labute approximate surface area is 80.3 Å². The molecule has 1 saturated carbocycles. The fourth-order valence-corrected chi connectivity index (χ4v) is 2.54. The van der Waals surface area contributed by atoms with Gasteiger partial charge in [-0.2, -0.15) is 12.7 Å². The first-order valence-corrected chi connectivity index (χ1v) is 6.21. The van der Waals surface area contributed by atoms with Crippen molar-refractivity contribution in [2.45, 2.75) is 39.2 Å². The Morgan fingerprint density at radius 3 is 2.23 bits per heavy atom. The first-order chi connectivity index (χ1) is 5.91. The molecular formula is C8H18N2O2S. The topological polar surface area (TPSA) is 63.4 Å². The average Bonchev–Trinajstić information content (AvgIpc) is 1.79. The second-order valence-electron chi connectivity index (χ2n) is 4.01. The minimum Gasteiger partial charge on any atom is -0.216 e. The number of nitrogens with zero attached hydrogens (tertiary/aromatic N) is 1. The van der Waals surface area contributed by atoms with Crippen LogP contribution < -0.4 is 5.14 Å². The maximum absolute atomic E-state index is 11.2. The molecule has 0 aromatic carbocycles. The molecule has 1 aliphatic carbocycles. The minimum absolute atomic E-state index is 0.0319. The summed E-state index contributed by atoms with van der Waals surface area (Å²) in [5, 5.41) is 5.11. The van der Waals surface area contributed by atoms with Crippen molar-refractivity contribution in [2.75, 3.05) is 6.54 Å². The lowest BCUT2D eigenvalue weighted by Crippen LogP contribution is -2.45. The van der Waals surface area contributed by atoms with Crippen molar-refractivity contribution in [3.63, 3.8) is 0 Å². The zero-order chi connectivity index (χ0) is 10.1. The normalized spacial score (nSPS) is 19.5. The summed E-state index contributed by atoms with van der Waals surface area (Å²) in [4.78, 5) is 0. The van der Waals surface area contributed by atoms with Crippen molar-refractivity contribution >= 4 is 10.2 Å². The van der Waals surface area contributed by atoms with Crippen molar-refractivity contribution in [2.24, 2.45) is 11.1 Å². The van der Waals surface area contributed by atoms with Crippen LogP contribution in [0.3, 0.4) is 0 Å². The summed E-state index contributed by atoms with van der Waals surface area (Å²) in [5.41, 5.74) is 0. The fourth-order valence-electron chi connectivity index (χ4n) is 1.54. The van der Waals surface area contributed by atoms with Crippen LogP contribution >= 0.6 is 0 Å². The molecule has 0 atom stereocenters. The molecule has 0 aromatic rings. The summed E-state index contributed by atoms with van der Waals surface area (Å²) in [6.07, 6.45) is 3.50. The smallest absolute Gasteiger partial charge is 0.216 e. The molecule has 4 nitrogen and oxygen atoms in total. The lowest BCUT2D eigenvalue weighted by molar-refractivity contribution is 0.224. The van der Waals surface area contributed by atoms with Crippen molar-refractivity contribution in [3.8, 4) is 0 Å². The molecule has 1 fully saturated rings. The molecule has 1 aliphatic rings. The van der Waals surface area contributed by atoms with E-state index in [1.54, 1.807) is 0 Å². The van der Waals surface area contributed by atoms with E-state index < -0.39 is 10.2 Å². The van der Waals surface area contributed by atoms with Crippen molar-refractivity contribution in [3.05, 3.63) is 0 Å². The third-order valence-electron chi connectivity index (χ3n) is 2.57. The molecule has 78 valence electrons. The zero-order valence-electron chi connectivity index (χ0n) is 8.23. The molecule has 0 aromatic heterocycles. The first-order valence-electron chi connectivity index (χ1n) is 4.71. The van der Waals surface area contributed by atoms with Gasteiger partial charge in [0, 0.05) is 12.6 Å². The maximum atomic E-state index is 11.2. The van der Waals surface area contributed by atoms with Crippen LogP contribution in [0, 0.1) is 5.92 Å². The molecule has 0 heterocycles. The highest BCUT2D eigenvalue weighted by Crippen LogP contribution is 2.28. The molecule has 0 spiro atoms. The van der Waals surface area contributed by atoms with Crippen LogP contribution in [-0.4, -0.2) is 25.3 Å². The Morgan fingerprint density at radius 1 is 1.46 bits per heavy atom. The predicted molar refractivity (Wildman–Crippen MR) is 52.3 cm³/mol. The van der Waals surface area contributed by atoms with Crippen LogP contribution in [-0.2, 0) is 10.2 Å². The molecule has 0 bridgehead atoms. The molecular weight excluding hydrogens is 188 g/mol. The van der Waals surface area contributed by atoms with E-state index in [9.17, 15) is 8.42 Å². The number of nitrogens with two attached hydrogens (primary N) is 1. The molecule has 1 rings (SSSR count). The largest absolute Gasteiger partial charge is 0.277 e. The van der Waals surface area contributed by atoms with Gasteiger partial charge in [-0.3, -0.25) is 0 Å². The first kappa shape index (κ1) is 10.9. The summed E-state index contributed by atoms with van der Waals surface area (Å²) < 4.78 is 23.7. The van der Waals surface area contributed by atoms with Gasteiger partial charge in [-0.1, -0.05) is 6.42 Å². The summed E-state index contributed by atoms with van der Waals surface area (Å²) in [5.74, 6) is 0.528. The van der Waals surface area contributed by atoms with Crippen LogP contribution in [0.2, 0.25) is 0 Å². The summed E-state index contributed by atoms with van der Waals surface area (Å²) in [6.45, 7) is 4.29. The Balaban J connectivity index is 2.57. The van der Waals surface area contributed by atoms with Gasteiger partial charge < -0.3 is 0 Å². The minimum atomic E-state index is -3.50. The maximum Gasteiger partial charge on any atom is 0.277 e. The van der Waals surface area contributed by atoms with Gasteiger partial charge >= 0.3 is 0 Å². The van der Waals surface area contributed by atoms with Gasteiger partial charge in [0.1, 0.15) is 0 Å². The molecule has 5 heteroatoms. The fraction of sp³-hybridized carbons (Fsp3) is 1.00. The lowest BCUT2D eigenvalue weighted by atomic mass is 9.85. The Bertz CT molecular complexity index is 257. The van der Waals surface area contributed by atoms with Gasteiger partial charge in [-0.25, -0.2) is 5.14 Å². The van der Waals surface area contributed by atoms with Crippen molar-refractivity contribution in [1.29, 1.82) is 0 Å². The van der Waals surface area contributed by atoms with Gasteiger partial charge in [-0.15, -0.1) is 0 Å². The Hall–Kier alpha value is -0.130. The van der Waals surface area contributed by atoms with Crippen molar-refractivity contribution in [1.82, 2.24) is 4.31 Å². The standard InChI is InChI=1S/C8H18N2O2S/c1-7(2)10(13(9,11)12)6-8-4-3-5-8/h7-8H,3-6H2,1-2H3,(H2,9,11,12). The number of hydrogen-bond donors (Lipinski definition) is 1. The zero-order valence-corrected chi connectivity index (χ0v) is 9.05. The van der Waals surface area contributed by atoms with Gasteiger partial charge in [0.25, 0.3) is 10.2 Å². The molecule has 0 amide bonds. The van der Waals surface area contributed by atoms with Crippen LogP contribution in [0.5, 0.6) is 0 Å². The van der Waals surface area contributed by atoms with Gasteiger partial charge in [0.2, 0.25) is 0 Å². The average molecular weight is 206 g/mol. The van der Waals surface area contributed by atoms with E-state index in [0.29, 0.717) is 12.5 Å². The summed E-state index contributed by atoms with van der Waals surface area (Å²) in [6, 6.07) is -0.0319. The lowest BCUT2D eigenvalue weighted by Gasteiger charge is -2.32. The predicted octanol–water partition coefficient (Wildman–Crippen LogP) is 0.700. The summed E-state index contributed by atoms with van der Waals surface area (Å²) in [7, 11) is -3.50. The highest BCUT2D eigenvalue weighted by molar-refractivity contribution is 7.86. The quantitative estimate of drug-likeness (QED) is 0.736. The third kappa shape index (κ3) is 2.93. The molecule has 0 aliphatic heterocycles. The van der Waals surface area contributed by atoms with Crippen LogP contribution in [0.25, 0.3) is 0 Å². The van der Waals surface area contributed by atoms with Gasteiger partial charge in [0.15, 0.2) is 0 Å². The van der Waals surface area contributed by atoms with Crippen LogP contribution in [0.1, 0.15) is 33.1 Å². The second-order valence-corrected chi connectivity index (χ2v) is 5.50. The Kier molecular flexibility index (Phi) is 3.32. The van der Waals surface area contributed by atoms with Crippen molar-refractivity contribution < 1.29 is 8.42 Å². The number of hydrogen-bond acceptors (Lipinski definition) is 2. The van der Waals surface area contributed by atoms with Crippen LogP contribution in [0.15, 0.2) is 0 Å². The van der Waals surface area contributed by atoms with E-state index in [1.165, 1.54) is 10.7 Å². The number of rotatable bonds is 4. The van der Waals surface area contributed by atoms with E-state index in [1.807, 2.05) is 13.8 Å². The van der Waals surface area contributed by atoms with Gasteiger partial charge in [0.05, 0.1) is 0 Å². The van der Waals surface area contributed by atoms with E-state index in [2.05, 4.69) is 0 Å². The third-order valence-corrected chi connectivity index (χ3v) is 3.79. The van der Waals surface area contributed by atoms with E-state index in [4.69, 9.17) is 5.14 Å². The SMILES string of the molecule is CC(C)N(CC1CCC1)S(N)(=O)=O. The summed E-state index contributed by atoms with van der Waals surface area (Å²) >= 11 is 0. The monoisotopic (exact) mass is 206 g/mol. The molecule has 0 saturated heterocycles. The second kappa shape index (κ2) is 3.94. The van der Waals surface area contributed by atoms with Crippen LogP contribution in [0.4, 0.5) is 0 Å². The molecule has 0 radical (unpaired) electrons. The molecule has 2 N–H and O–H groups in total. The molecule has 0 unspecified atom stereocenters. The Morgan fingerprint density at radius 2 is 2.00 bits per heavy atom. The van der Waals surface area contributed by atoms with E-state index in [-0.39, 0.29) is 6.04 Å².